The molecule has 0 radical (unpaired) electrons. The van der Waals surface area contributed by atoms with Crippen molar-refractivity contribution in [3.05, 3.63) is 51.1 Å². The maximum Gasteiger partial charge on any atom is 0.275 e. The Balaban J connectivity index is 1.80. The lowest BCUT2D eigenvalue weighted by Gasteiger charge is -2.04. The lowest BCUT2D eigenvalue weighted by molar-refractivity contribution is 0.101. The standard InChI is InChI=1S/C16H14Cl2N4OS/c1-3-22-14(6-9(2)21-22)15(23)20-16-19-13(8-24-16)10-4-5-11(17)12(18)7-10/h4-8H,3H2,1-2H3,(H,19,20,23). The van der Waals surface area contributed by atoms with Crippen LogP contribution in [0.4, 0.5) is 5.13 Å². The first-order valence-corrected chi connectivity index (χ1v) is 8.88. The molecular formula is C16H14Cl2N4OS. The van der Waals surface area contributed by atoms with E-state index in [0.29, 0.717) is 27.4 Å². The molecule has 2 heterocycles. The van der Waals surface area contributed by atoms with Crippen molar-refractivity contribution in [2.75, 3.05) is 5.32 Å². The van der Waals surface area contributed by atoms with Gasteiger partial charge in [0, 0.05) is 17.5 Å². The fraction of sp³-hybridized carbons (Fsp3) is 0.188. The maximum absolute atomic E-state index is 12.4. The van der Waals surface area contributed by atoms with Gasteiger partial charge in [-0.3, -0.25) is 14.8 Å². The number of rotatable bonds is 4. The van der Waals surface area contributed by atoms with E-state index in [4.69, 9.17) is 23.2 Å². The number of benzene rings is 1. The van der Waals surface area contributed by atoms with Gasteiger partial charge in [0.25, 0.3) is 5.91 Å². The lowest BCUT2D eigenvalue weighted by atomic mass is 10.2. The monoisotopic (exact) mass is 380 g/mol. The molecule has 24 heavy (non-hydrogen) atoms. The lowest BCUT2D eigenvalue weighted by Crippen LogP contribution is -2.17. The van der Waals surface area contributed by atoms with Crippen LogP contribution in [0.2, 0.25) is 10.0 Å². The zero-order chi connectivity index (χ0) is 17.3. The molecule has 0 unspecified atom stereocenters. The van der Waals surface area contributed by atoms with Crippen LogP contribution in [-0.2, 0) is 6.54 Å². The summed E-state index contributed by atoms with van der Waals surface area (Å²) in [6.07, 6.45) is 0. The Morgan fingerprint density at radius 3 is 2.79 bits per heavy atom. The third-order valence-electron chi connectivity index (χ3n) is 3.37. The Hall–Kier alpha value is -1.89. The van der Waals surface area contributed by atoms with Crippen molar-refractivity contribution in [1.29, 1.82) is 0 Å². The third-order valence-corrected chi connectivity index (χ3v) is 4.87. The second-order valence-corrected chi connectivity index (χ2v) is 6.78. The number of aryl methyl sites for hydroxylation is 2. The van der Waals surface area contributed by atoms with Crippen LogP contribution < -0.4 is 5.32 Å². The average Bonchev–Trinajstić information content (AvgIpc) is 3.16. The maximum atomic E-state index is 12.4. The molecule has 0 bridgehead atoms. The number of hydrogen-bond acceptors (Lipinski definition) is 4. The highest BCUT2D eigenvalue weighted by Gasteiger charge is 2.15. The summed E-state index contributed by atoms with van der Waals surface area (Å²) in [6, 6.07) is 7.07. The smallest absolute Gasteiger partial charge is 0.275 e. The van der Waals surface area contributed by atoms with Crippen molar-refractivity contribution >= 4 is 45.6 Å². The molecular weight excluding hydrogens is 367 g/mol. The molecule has 1 aromatic carbocycles. The summed E-state index contributed by atoms with van der Waals surface area (Å²) in [7, 11) is 0. The minimum atomic E-state index is -0.229. The second kappa shape index (κ2) is 6.93. The summed E-state index contributed by atoms with van der Waals surface area (Å²) in [4.78, 5) is 16.8. The van der Waals surface area contributed by atoms with Crippen LogP contribution in [0, 0.1) is 6.92 Å². The van der Waals surface area contributed by atoms with Crippen LogP contribution in [0.15, 0.2) is 29.6 Å². The first-order valence-electron chi connectivity index (χ1n) is 7.24. The summed E-state index contributed by atoms with van der Waals surface area (Å²) >= 11 is 13.3. The normalized spacial score (nSPS) is 10.8. The van der Waals surface area contributed by atoms with Gasteiger partial charge in [-0.05, 0) is 32.0 Å². The van der Waals surface area contributed by atoms with E-state index in [-0.39, 0.29) is 5.91 Å². The minimum absolute atomic E-state index is 0.229. The number of nitrogens with zero attached hydrogens (tertiary/aromatic N) is 3. The molecule has 0 fully saturated rings. The van der Waals surface area contributed by atoms with Gasteiger partial charge in [0.1, 0.15) is 5.69 Å². The predicted molar refractivity (Wildman–Crippen MR) is 98.2 cm³/mol. The predicted octanol–water partition coefficient (Wildman–Crippen LogP) is 4.89. The Labute approximate surface area is 153 Å². The molecule has 0 saturated heterocycles. The number of halogens is 2. The summed E-state index contributed by atoms with van der Waals surface area (Å²) < 4.78 is 1.66. The Morgan fingerprint density at radius 1 is 1.29 bits per heavy atom. The number of thiazole rings is 1. The van der Waals surface area contributed by atoms with E-state index >= 15 is 0 Å². The van der Waals surface area contributed by atoms with Gasteiger partial charge in [0.05, 0.1) is 21.4 Å². The van der Waals surface area contributed by atoms with E-state index in [2.05, 4.69) is 15.4 Å². The van der Waals surface area contributed by atoms with Crippen LogP contribution in [0.5, 0.6) is 0 Å². The van der Waals surface area contributed by atoms with Crippen molar-refractivity contribution in [3.8, 4) is 11.3 Å². The topological polar surface area (TPSA) is 59.8 Å². The third kappa shape index (κ3) is 3.45. The Kier molecular flexibility index (Phi) is 4.89. The number of aromatic nitrogens is 3. The van der Waals surface area contributed by atoms with Crippen molar-refractivity contribution in [2.24, 2.45) is 0 Å². The zero-order valence-corrected chi connectivity index (χ0v) is 15.3. The summed E-state index contributed by atoms with van der Waals surface area (Å²) in [5, 5.41) is 10.4. The molecule has 5 nitrogen and oxygen atoms in total. The molecule has 2 aromatic heterocycles. The van der Waals surface area contributed by atoms with Crippen molar-refractivity contribution in [2.45, 2.75) is 20.4 Å². The zero-order valence-electron chi connectivity index (χ0n) is 13.0. The molecule has 1 amide bonds. The van der Waals surface area contributed by atoms with Gasteiger partial charge < -0.3 is 0 Å². The molecule has 8 heteroatoms. The molecule has 0 saturated carbocycles. The van der Waals surface area contributed by atoms with E-state index in [9.17, 15) is 4.79 Å². The fourth-order valence-electron chi connectivity index (χ4n) is 2.25. The number of carbonyl (C=O) groups is 1. The number of amides is 1. The van der Waals surface area contributed by atoms with E-state index in [1.54, 1.807) is 22.9 Å². The fourth-order valence-corrected chi connectivity index (χ4v) is 3.26. The Bertz CT molecular complexity index is 903. The van der Waals surface area contributed by atoms with E-state index < -0.39 is 0 Å². The highest BCUT2D eigenvalue weighted by atomic mass is 35.5. The number of carbonyl (C=O) groups excluding carboxylic acids is 1. The van der Waals surface area contributed by atoms with E-state index in [1.165, 1.54) is 11.3 Å². The molecule has 0 aliphatic rings. The quantitative estimate of drug-likeness (QED) is 0.700. The van der Waals surface area contributed by atoms with Gasteiger partial charge in [-0.15, -0.1) is 11.3 Å². The number of hydrogen-bond donors (Lipinski definition) is 1. The van der Waals surface area contributed by atoms with Gasteiger partial charge in [0.15, 0.2) is 5.13 Å². The molecule has 0 aliphatic carbocycles. The van der Waals surface area contributed by atoms with Gasteiger partial charge in [-0.25, -0.2) is 4.98 Å². The SMILES string of the molecule is CCn1nc(C)cc1C(=O)Nc1nc(-c2ccc(Cl)c(Cl)c2)cs1. The molecule has 124 valence electrons. The van der Waals surface area contributed by atoms with E-state index in [0.717, 1.165) is 17.0 Å². The highest BCUT2D eigenvalue weighted by Crippen LogP contribution is 2.30. The molecule has 1 N–H and O–H groups in total. The average molecular weight is 381 g/mol. The number of anilines is 1. The summed E-state index contributed by atoms with van der Waals surface area (Å²) in [6.45, 7) is 4.42. The molecule has 3 aromatic rings. The van der Waals surface area contributed by atoms with Crippen molar-refractivity contribution < 1.29 is 4.79 Å². The van der Waals surface area contributed by atoms with Gasteiger partial charge in [0.2, 0.25) is 0 Å². The first kappa shape index (κ1) is 17.0. The molecule has 3 rings (SSSR count). The largest absolute Gasteiger partial charge is 0.296 e. The summed E-state index contributed by atoms with van der Waals surface area (Å²) in [5.74, 6) is -0.229. The van der Waals surface area contributed by atoms with Crippen molar-refractivity contribution in [3.63, 3.8) is 0 Å². The van der Waals surface area contributed by atoms with Crippen molar-refractivity contribution in [1.82, 2.24) is 14.8 Å². The van der Waals surface area contributed by atoms with Gasteiger partial charge in [-0.1, -0.05) is 29.3 Å². The number of nitrogens with one attached hydrogen (secondary N) is 1. The second-order valence-electron chi connectivity index (χ2n) is 5.11. The van der Waals surface area contributed by atoms with Crippen LogP contribution in [0.1, 0.15) is 23.1 Å². The van der Waals surface area contributed by atoms with Crippen LogP contribution >= 0.6 is 34.5 Å². The summed E-state index contributed by atoms with van der Waals surface area (Å²) in [5.41, 5.74) is 2.89. The molecule has 0 atom stereocenters. The van der Waals surface area contributed by atoms with Crippen LogP contribution in [0.3, 0.4) is 0 Å². The van der Waals surface area contributed by atoms with Gasteiger partial charge in [-0.2, -0.15) is 5.10 Å². The molecule has 0 aliphatic heterocycles. The highest BCUT2D eigenvalue weighted by molar-refractivity contribution is 7.14. The Morgan fingerprint density at radius 2 is 2.08 bits per heavy atom. The van der Waals surface area contributed by atoms with Crippen LogP contribution in [0.25, 0.3) is 11.3 Å². The van der Waals surface area contributed by atoms with E-state index in [1.807, 2.05) is 25.3 Å². The minimum Gasteiger partial charge on any atom is -0.296 e. The first-order chi connectivity index (χ1) is 11.5. The molecule has 0 spiro atoms. The van der Waals surface area contributed by atoms with Gasteiger partial charge >= 0.3 is 0 Å². The van der Waals surface area contributed by atoms with Crippen LogP contribution in [-0.4, -0.2) is 20.7 Å².